The van der Waals surface area contributed by atoms with E-state index in [0.717, 1.165) is 5.56 Å². The van der Waals surface area contributed by atoms with Crippen LogP contribution in [-0.2, 0) is 4.74 Å². The zero-order valence-corrected chi connectivity index (χ0v) is 11.3. The lowest BCUT2D eigenvalue weighted by Gasteiger charge is -2.24. The van der Waals surface area contributed by atoms with Crippen molar-refractivity contribution in [1.29, 1.82) is 0 Å². The molecule has 0 unspecified atom stereocenters. The summed E-state index contributed by atoms with van der Waals surface area (Å²) in [5.74, 6) is 0.133. The molecule has 0 amide bonds. The number of halogens is 2. The average Bonchev–Trinajstić information content (AvgIpc) is 2.83. The molecular formula is C14H19F2NO3. The van der Waals surface area contributed by atoms with Gasteiger partial charge in [0.2, 0.25) is 0 Å². The van der Waals surface area contributed by atoms with Crippen LogP contribution in [0, 0.1) is 0 Å². The molecule has 2 atom stereocenters. The molecular weight excluding hydrogens is 268 g/mol. The standard InChI is InChI=1S/C14H19F2NO3/c1-10(17-8-14(18)5-6-19-9-14)11-3-2-4-12(7-11)20-13(15)16/h2-4,7,10,13,17-18H,5-6,8-9H2,1H3/t10-,14+/m0/s1. The summed E-state index contributed by atoms with van der Waals surface area (Å²) in [4.78, 5) is 0. The van der Waals surface area contributed by atoms with Gasteiger partial charge in [0, 0.05) is 25.6 Å². The highest BCUT2D eigenvalue weighted by Crippen LogP contribution is 2.22. The number of rotatable bonds is 6. The van der Waals surface area contributed by atoms with Gasteiger partial charge in [0.05, 0.1) is 6.61 Å². The molecule has 0 spiro atoms. The Balaban J connectivity index is 1.93. The predicted octanol–water partition coefficient (Wildman–Crippen LogP) is 2.09. The van der Waals surface area contributed by atoms with Gasteiger partial charge in [-0.3, -0.25) is 0 Å². The number of hydrogen-bond acceptors (Lipinski definition) is 4. The van der Waals surface area contributed by atoms with E-state index in [9.17, 15) is 13.9 Å². The van der Waals surface area contributed by atoms with Crippen LogP contribution >= 0.6 is 0 Å². The van der Waals surface area contributed by atoms with E-state index in [1.807, 2.05) is 13.0 Å². The normalized spacial score (nSPS) is 24.1. The molecule has 20 heavy (non-hydrogen) atoms. The van der Waals surface area contributed by atoms with Crippen LogP contribution < -0.4 is 10.1 Å². The van der Waals surface area contributed by atoms with Crippen molar-refractivity contribution in [2.75, 3.05) is 19.8 Å². The monoisotopic (exact) mass is 287 g/mol. The van der Waals surface area contributed by atoms with Crippen LogP contribution in [0.2, 0.25) is 0 Å². The van der Waals surface area contributed by atoms with Gasteiger partial charge in [0.15, 0.2) is 0 Å². The van der Waals surface area contributed by atoms with Crippen molar-refractivity contribution in [3.05, 3.63) is 29.8 Å². The van der Waals surface area contributed by atoms with Crippen LogP contribution in [0.4, 0.5) is 8.78 Å². The largest absolute Gasteiger partial charge is 0.435 e. The number of hydrogen-bond donors (Lipinski definition) is 2. The molecule has 1 aromatic carbocycles. The van der Waals surface area contributed by atoms with Crippen molar-refractivity contribution in [2.24, 2.45) is 0 Å². The quantitative estimate of drug-likeness (QED) is 0.841. The Morgan fingerprint density at radius 2 is 2.30 bits per heavy atom. The summed E-state index contributed by atoms with van der Waals surface area (Å²) in [6.45, 7) is 0.352. The van der Waals surface area contributed by atoms with E-state index in [0.29, 0.717) is 26.2 Å². The number of aliphatic hydroxyl groups is 1. The Labute approximate surface area is 116 Å². The zero-order valence-electron chi connectivity index (χ0n) is 11.3. The summed E-state index contributed by atoms with van der Waals surface area (Å²) >= 11 is 0. The second kappa shape index (κ2) is 6.47. The lowest BCUT2D eigenvalue weighted by molar-refractivity contribution is -0.0499. The molecule has 2 rings (SSSR count). The van der Waals surface area contributed by atoms with Gasteiger partial charge in [0.25, 0.3) is 0 Å². The number of nitrogens with one attached hydrogen (secondary N) is 1. The molecule has 1 aliphatic rings. The summed E-state index contributed by atoms with van der Waals surface area (Å²) in [7, 11) is 0. The number of ether oxygens (including phenoxy) is 2. The molecule has 0 bridgehead atoms. The van der Waals surface area contributed by atoms with Crippen LogP contribution in [-0.4, -0.2) is 37.1 Å². The van der Waals surface area contributed by atoms with Gasteiger partial charge in [-0.05, 0) is 24.6 Å². The molecule has 0 radical (unpaired) electrons. The van der Waals surface area contributed by atoms with Crippen molar-refractivity contribution in [1.82, 2.24) is 5.32 Å². The Hall–Kier alpha value is -1.24. The SMILES string of the molecule is C[C@H](NC[C@]1(O)CCOC1)c1cccc(OC(F)F)c1. The lowest BCUT2D eigenvalue weighted by Crippen LogP contribution is -2.41. The fraction of sp³-hybridized carbons (Fsp3) is 0.571. The van der Waals surface area contributed by atoms with Crippen molar-refractivity contribution >= 4 is 0 Å². The van der Waals surface area contributed by atoms with Gasteiger partial charge >= 0.3 is 6.61 Å². The Kier molecular flexibility index (Phi) is 4.91. The van der Waals surface area contributed by atoms with E-state index in [4.69, 9.17) is 4.74 Å². The van der Waals surface area contributed by atoms with Crippen molar-refractivity contribution in [3.63, 3.8) is 0 Å². The van der Waals surface area contributed by atoms with Gasteiger partial charge in [-0.25, -0.2) is 0 Å². The zero-order chi connectivity index (χ0) is 14.6. The van der Waals surface area contributed by atoms with Gasteiger partial charge in [-0.15, -0.1) is 0 Å². The molecule has 1 heterocycles. The topological polar surface area (TPSA) is 50.7 Å². The van der Waals surface area contributed by atoms with Crippen LogP contribution in [0.15, 0.2) is 24.3 Å². The second-order valence-corrected chi connectivity index (χ2v) is 5.08. The predicted molar refractivity (Wildman–Crippen MR) is 69.9 cm³/mol. The Bertz CT molecular complexity index is 436. The summed E-state index contributed by atoms with van der Waals surface area (Å²) in [5, 5.41) is 13.3. The first kappa shape index (κ1) is 15.2. The number of benzene rings is 1. The molecule has 0 aliphatic carbocycles. The third-order valence-electron chi connectivity index (χ3n) is 3.40. The molecule has 2 N–H and O–H groups in total. The molecule has 112 valence electrons. The minimum atomic E-state index is -2.83. The maximum atomic E-state index is 12.2. The molecule has 4 nitrogen and oxygen atoms in total. The summed E-state index contributed by atoms with van der Waals surface area (Å²) in [6, 6.07) is 6.46. The molecule has 1 fully saturated rings. The first-order valence-corrected chi connectivity index (χ1v) is 6.57. The first-order valence-electron chi connectivity index (χ1n) is 6.57. The number of alkyl halides is 2. The Morgan fingerprint density at radius 3 is 2.95 bits per heavy atom. The van der Waals surface area contributed by atoms with Crippen molar-refractivity contribution in [2.45, 2.75) is 31.6 Å². The molecule has 6 heteroatoms. The highest BCUT2D eigenvalue weighted by molar-refractivity contribution is 5.30. The van der Waals surface area contributed by atoms with Crippen LogP contribution in [0.25, 0.3) is 0 Å². The summed E-state index contributed by atoms with van der Waals surface area (Å²) in [5.41, 5.74) is -0.0172. The molecule has 1 saturated heterocycles. The van der Waals surface area contributed by atoms with Gasteiger partial charge < -0.3 is 19.9 Å². The maximum absolute atomic E-state index is 12.2. The fourth-order valence-electron chi connectivity index (χ4n) is 2.16. The average molecular weight is 287 g/mol. The summed E-state index contributed by atoms with van der Waals surface area (Å²) in [6.07, 6.45) is 0.598. The van der Waals surface area contributed by atoms with Crippen LogP contribution in [0.5, 0.6) is 5.75 Å². The molecule has 0 aromatic heterocycles. The van der Waals surface area contributed by atoms with E-state index in [-0.39, 0.29) is 11.8 Å². The first-order chi connectivity index (χ1) is 9.48. The highest BCUT2D eigenvalue weighted by Gasteiger charge is 2.32. The van der Waals surface area contributed by atoms with E-state index in [2.05, 4.69) is 10.1 Å². The van der Waals surface area contributed by atoms with Gasteiger partial charge in [-0.2, -0.15) is 8.78 Å². The van der Waals surface area contributed by atoms with Crippen LogP contribution in [0.3, 0.4) is 0 Å². The minimum Gasteiger partial charge on any atom is -0.435 e. The lowest BCUT2D eigenvalue weighted by atomic mass is 10.0. The third-order valence-corrected chi connectivity index (χ3v) is 3.40. The van der Waals surface area contributed by atoms with E-state index >= 15 is 0 Å². The van der Waals surface area contributed by atoms with E-state index in [1.54, 1.807) is 12.1 Å². The fourth-order valence-corrected chi connectivity index (χ4v) is 2.16. The highest BCUT2D eigenvalue weighted by atomic mass is 19.3. The van der Waals surface area contributed by atoms with E-state index in [1.165, 1.54) is 6.07 Å². The van der Waals surface area contributed by atoms with Gasteiger partial charge in [0.1, 0.15) is 11.4 Å². The maximum Gasteiger partial charge on any atom is 0.387 e. The minimum absolute atomic E-state index is 0.0825. The third kappa shape index (κ3) is 4.13. The van der Waals surface area contributed by atoms with E-state index < -0.39 is 12.2 Å². The molecule has 1 aromatic rings. The molecule has 1 aliphatic heterocycles. The van der Waals surface area contributed by atoms with Crippen molar-refractivity contribution < 1.29 is 23.4 Å². The van der Waals surface area contributed by atoms with Crippen molar-refractivity contribution in [3.8, 4) is 5.75 Å². The summed E-state index contributed by atoms with van der Waals surface area (Å²) < 4.78 is 33.9. The second-order valence-electron chi connectivity index (χ2n) is 5.08. The van der Waals surface area contributed by atoms with Crippen LogP contribution in [0.1, 0.15) is 24.9 Å². The molecule has 0 saturated carbocycles. The Morgan fingerprint density at radius 1 is 1.50 bits per heavy atom. The van der Waals surface area contributed by atoms with Gasteiger partial charge in [-0.1, -0.05) is 12.1 Å². The smallest absolute Gasteiger partial charge is 0.387 e.